The van der Waals surface area contributed by atoms with Crippen LogP contribution in [0.1, 0.15) is 18.4 Å². The number of morpholine rings is 1. The molecule has 152 valence electrons. The van der Waals surface area contributed by atoms with Gasteiger partial charge in [0.05, 0.1) is 24.6 Å². The standard InChI is InChI=1S/C22H24ClN3O3/c23-17-6-7-20(26-9-11-29-12-10-26)19(14-17)24-21(27)8-5-16-13-15-3-1-2-4-18(15)25-22(16)28/h1-4,6-7,14,16H,5,8-13H2,(H,24,27)(H,25,28)/t16-/m0/s1. The number of rotatable bonds is 5. The molecule has 0 radical (unpaired) electrons. The lowest BCUT2D eigenvalue weighted by molar-refractivity contribution is -0.121. The monoisotopic (exact) mass is 413 g/mol. The molecule has 0 aromatic heterocycles. The first-order valence-electron chi connectivity index (χ1n) is 9.91. The number of anilines is 3. The Balaban J connectivity index is 1.39. The van der Waals surface area contributed by atoms with Gasteiger partial charge in [0.1, 0.15) is 0 Å². The van der Waals surface area contributed by atoms with Crippen LogP contribution in [0.3, 0.4) is 0 Å². The summed E-state index contributed by atoms with van der Waals surface area (Å²) in [4.78, 5) is 27.2. The second-order valence-corrected chi connectivity index (χ2v) is 7.83. The lowest BCUT2D eigenvalue weighted by atomic mass is 9.89. The van der Waals surface area contributed by atoms with Gasteiger partial charge in [-0.25, -0.2) is 0 Å². The summed E-state index contributed by atoms with van der Waals surface area (Å²) in [6.07, 6.45) is 1.43. The molecule has 0 saturated carbocycles. The zero-order valence-corrected chi connectivity index (χ0v) is 16.9. The molecule has 1 atom stereocenters. The zero-order chi connectivity index (χ0) is 20.2. The van der Waals surface area contributed by atoms with Crippen molar-refractivity contribution in [3.63, 3.8) is 0 Å². The molecule has 2 aliphatic heterocycles. The fourth-order valence-corrected chi connectivity index (χ4v) is 4.02. The molecular weight excluding hydrogens is 390 g/mol. The van der Waals surface area contributed by atoms with Crippen LogP contribution in [0.5, 0.6) is 0 Å². The molecule has 0 spiro atoms. The van der Waals surface area contributed by atoms with Crippen molar-refractivity contribution < 1.29 is 14.3 Å². The molecule has 6 nitrogen and oxygen atoms in total. The number of hydrogen-bond acceptors (Lipinski definition) is 4. The number of nitrogens with one attached hydrogen (secondary N) is 2. The second kappa shape index (κ2) is 8.84. The van der Waals surface area contributed by atoms with E-state index in [0.717, 1.165) is 30.0 Å². The maximum Gasteiger partial charge on any atom is 0.227 e. The number of carbonyl (C=O) groups excluding carboxylic acids is 2. The first kappa shape index (κ1) is 19.7. The van der Waals surface area contributed by atoms with Gasteiger partial charge in [-0.05, 0) is 42.7 Å². The minimum atomic E-state index is -0.200. The van der Waals surface area contributed by atoms with Crippen molar-refractivity contribution in [1.29, 1.82) is 0 Å². The second-order valence-electron chi connectivity index (χ2n) is 7.40. The van der Waals surface area contributed by atoms with Gasteiger partial charge in [0.25, 0.3) is 0 Å². The third-order valence-corrected chi connectivity index (χ3v) is 5.65. The molecule has 2 N–H and O–H groups in total. The van der Waals surface area contributed by atoms with E-state index >= 15 is 0 Å². The molecule has 1 saturated heterocycles. The van der Waals surface area contributed by atoms with Crippen LogP contribution in [0.25, 0.3) is 0 Å². The number of benzene rings is 2. The molecular formula is C22H24ClN3O3. The summed E-state index contributed by atoms with van der Waals surface area (Å²) in [5.74, 6) is -0.338. The molecule has 2 aromatic rings. The summed E-state index contributed by atoms with van der Waals surface area (Å²) in [5, 5.41) is 6.49. The number of carbonyl (C=O) groups is 2. The van der Waals surface area contributed by atoms with Crippen molar-refractivity contribution in [2.24, 2.45) is 5.92 Å². The van der Waals surface area contributed by atoms with E-state index in [-0.39, 0.29) is 24.2 Å². The summed E-state index contributed by atoms with van der Waals surface area (Å²) >= 11 is 6.16. The summed E-state index contributed by atoms with van der Waals surface area (Å²) in [6, 6.07) is 13.3. The molecule has 4 rings (SSSR count). The van der Waals surface area contributed by atoms with Crippen LogP contribution in [-0.4, -0.2) is 38.1 Å². The van der Waals surface area contributed by atoms with E-state index in [9.17, 15) is 9.59 Å². The third kappa shape index (κ3) is 4.71. The molecule has 2 aromatic carbocycles. The van der Waals surface area contributed by atoms with Gasteiger partial charge in [0.2, 0.25) is 11.8 Å². The predicted molar refractivity (Wildman–Crippen MR) is 115 cm³/mol. The smallest absolute Gasteiger partial charge is 0.227 e. The number of hydrogen-bond donors (Lipinski definition) is 2. The van der Waals surface area contributed by atoms with Crippen LogP contribution in [0.4, 0.5) is 17.1 Å². The van der Waals surface area contributed by atoms with Crippen molar-refractivity contribution in [1.82, 2.24) is 0 Å². The van der Waals surface area contributed by atoms with Crippen molar-refractivity contribution in [3.05, 3.63) is 53.1 Å². The lowest BCUT2D eigenvalue weighted by Crippen LogP contribution is -2.36. The average Bonchev–Trinajstić information content (AvgIpc) is 2.73. The Kier molecular flexibility index (Phi) is 6.02. The maximum absolute atomic E-state index is 12.6. The predicted octanol–water partition coefficient (Wildman–Crippen LogP) is 3.71. The number of fused-ring (bicyclic) bond motifs is 1. The Morgan fingerprint density at radius 1 is 1.21 bits per heavy atom. The van der Waals surface area contributed by atoms with E-state index in [2.05, 4.69) is 15.5 Å². The molecule has 2 heterocycles. The number of halogens is 1. The molecule has 2 aliphatic rings. The minimum absolute atomic E-state index is 0.0201. The number of para-hydroxylation sites is 1. The van der Waals surface area contributed by atoms with Gasteiger partial charge in [-0.2, -0.15) is 0 Å². The molecule has 2 amide bonds. The average molecular weight is 414 g/mol. The van der Waals surface area contributed by atoms with Crippen LogP contribution in [0.2, 0.25) is 5.02 Å². The number of nitrogens with zero attached hydrogens (tertiary/aromatic N) is 1. The van der Waals surface area contributed by atoms with E-state index in [1.165, 1.54) is 0 Å². The quantitative estimate of drug-likeness (QED) is 0.784. The van der Waals surface area contributed by atoms with Gasteiger partial charge >= 0.3 is 0 Å². The van der Waals surface area contributed by atoms with Crippen LogP contribution < -0.4 is 15.5 Å². The normalized spacial score (nSPS) is 18.7. The van der Waals surface area contributed by atoms with Gasteiger partial charge in [-0.3, -0.25) is 9.59 Å². The van der Waals surface area contributed by atoms with Crippen molar-refractivity contribution in [2.45, 2.75) is 19.3 Å². The summed E-state index contributed by atoms with van der Waals surface area (Å²) in [6.45, 7) is 2.86. The van der Waals surface area contributed by atoms with Crippen molar-refractivity contribution in [3.8, 4) is 0 Å². The molecule has 0 bridgehead atoms. The first-order valence-corrected chi connectivity index (χ1v) is 10.3. The largest absolute Gasteiger partial charge is 0.378 e. The zero-order valence-electron chi connectivity index (χ0n) is 16.1. The summed E-state index contributed by atoms with van der Waals surface area (Å²) < 4.78 is 5.41. The lowest BCUT2D eigenvalue weighted by Gasteiger charge is -2.30. The highest BCUT2D eigenvalue weighted by Crippen LogP contribution is 2.31. The highest BCUT2D eigenvalue weighted by Gasteiger charge is 2.26. The van der Waals surface area contributed by atoms with E-state index in [1.807, 2.05) is 36.4 Å². The van der Waals surface area contributed by atoms with E-state index in [4.69, 9.17) is 16.3 Å². The molecule has 0 unspecified atom stereocenters. The van der Waals surface area contributed by atoms with E-state index < -0.39 is 0 Å². The summed E-state index contributed by atoms with van der Waals surface area (Å²) in [7, 11) is 0. The Bertz CT molecular complexity index is 912. The summed E-state index contributed by atoms with van der Waals surface area (Å²) in [5.41, 5.74) is 3.62. The van der Waals surface area contributed by atoms with Crippen LogP contribution in [-0.2, 0) is 20.7 Å². The van der Waals surface area contributed by atoms with Crippen molar-refractivity contribution in [2.75, 3.05) is 41.8 Å². The Hall–Kier alpha value is -2.57. The van der Waals surface area contributed by atoms with Crippen LogP contribution >= 0.6 is 11.6 Å². The first-order chi connectivity index (χ1) is 14.1. The fourth-order valence-electron chi connectivity index (χ4n) is 3.85. The highest BCUT2D eigenvalue weighted by molar-refractivity contribution is 6.31. The van der Waals surface area contributed by atoms with Crippen LogP contribution in [0, 0.1) is 5.92 Å². The fraction of sp³-hybridized carbons (Fsp3) is 0.364. The van der Waals surface area contributed by atoms with Gasteiger partial charge in [0.15, 0.2) is 0 Å². The maximum atomic E-state index is 12.6. The van der Waals surface area contributed by atoms with Crippen LogP contribution in [0.15, 0.2) is 42.5 Å². The molecule has 0 aliphatic carbocycles. The SMILES string of the molecule is O=C(CC[C@H]1Cc2ccccc2NC1=O)Nc1cc(Cl)ccc1N1CCOCC1. The third-order valence-electron chi connectivity index (χ3n) is 5.42. The highest BCUT2D eigenvalue weighted by atomic mass is 35.5. The Morgan fingerprint density at radius 2 is 2.00 bits per heavy atom. The minimum Gasteiger partial charge on any atom is -0.378 e. The van der Waals surface area contributed by atoms with Gasteiger partial charge in [-0.15, -0.1) is 0 Å². The number of ether oxygens (including phenoxy) is 1. The van der Waals surface area contributed by atoms with Gasteiger partial charge in [-0.1, -0.05) is 29.8 Å². The van der Waals surface area contributed by atoms with E-state index in [1.54, 1.807) is 6.07 Å². The Morgan fingerprint density at radius 3 is 2.83 bits per heavy atom. The topological polar surface area (TPSA) is 70.7 Å². The molecule has 7 heteroatoms. The van der Waals surface area contributed by atoms with E-state index in [0.29, 0.717) is 36.8 Å². The number of amides is 2. The van der Waals surface area contributed by atoms with Gasteiger partial charge < -0.3 is 20.3 Å². The van der Waals surface area contributed by atoms with Crippen molar-refractivity contribution >= 4 is 40.5 Å². The molecule has 1 fully saturated rings. The van der Waals surface area contributed by atoms with Gasteiger partial charge in [0, 0.05) is 36.1 Å². The Labute approximate surface area is 175 Å². The molecule has 29 heavy (non-hydrogen) atoms.